The Morgan fingerprint density at radius 1 is 1.45 bits per heavy atom. The quantitative estimate of drug-likeness (QED) is 0.410. The Labute approximate surface area is 77.2 Å². The van der Waals surface area contributed by atoms with Crippen molar-refractivity contribution in [1.29, 1.82) is 0 Å². The van der Waals surface area contributed by atoms with E-state index in [1.54, 1.807) is 6.20 Å². The van der Waals surface area contributed by atoms with E-state index in [9.17, 15) is 0 Å². The maximum atomic E-state index is 3.65. The van der Waals surface area contributed by atoms with Gasteiger partial charge < -0.3 is 17.0 Å². The number of nitrogens with zero attached hydrogens (tertiary/aromatic N) is 2. The fourth-order valence-electron chi connectivity index (χ4n) is 0.842. The Morgan fingerprint density at radius 3 is 2.73 bits per heavy atom. The number of halogens is 1. The first-order valence-electron chi connectivity index (χ1n) is 3.18. The fourth-order valence-corrected chi connectivity index (χ4v) is 0.842. The molecule has 11 heavy (non-hydrogen) atoms. The van der Waals surface area contributed by atoms with Crippen LogP contribution in [0.1, 0.15) is 0 Å². The zero-order valence-electron chi connectivity index (χ0n) is 6.28. The molecular formula is C8H11BrN2. The summed E-state index contributed by atoms with van der Waals surface area (Å²) in [7, 11) is 0. The third-order valence-electron chi connectivity index (χ3n) is 1.30. The van der Waals surface area contributed by atoms with E-state index >= 15 is 0 Å². The van der Waals surface area contributed by atoms with Gasteiger partial charge in [-0.3, -0.25) is 0 Å². The van der Waals surface area contributed by atoms with Crippen molar-refractivity contribution in [3.8, 4) is 0 Å². The Hall–Kier alpha value is -0.830. The van der Waals surface area contributed by atoms with E-state index in [0.717, 1.165) is 6.54 Å². The summed E-state index contributed by atoms with van der Waals surface area (Å²) in [6.07, 6.45) is 7.52. The zero-order chi connectivity index (χ0) is 7.40. The van der Waals surface area contributed by atoms with Gasteiger partial charge >= 0.3 is 0 Å². The molecule has 1 heterocycles. The molecule has 0 saturated carbocycles. The first-order chi connectivity index (χ1) is 4.88. The van der Waals surface area contributed by atoms with E-state index in [1.807, 2.05) is 33.9 Å². The SMILES string of the molecule is C=CC[n+]1cccn1C=C.[Br-]. The number of allylic oxidation sites excluding steroid dienone is 1. The minimum Gasteiger partial charge on any atom is -1.00 e. The maximum absolute atomic E-state index is 3.65. The Bertz CT molecular complexity index is 240. The highest BCUT2D eigenvalue weighted by molar-refractivity contribution is 5.09. The Morgan fingerprint density at radius 2 is 2.18 bits per heavy atom. The number of aromatic nitrogens is 2. The highest BCUT2D eigenvalue weighted by atomic mass is 79.9. The van der Waals surface area contributed by atoms with Crippen LogP contribution >= 0.6 is 0 Å². The number of hydrogen-bond acceptors (Lipinski definition) is 0. The molecule has 0 aliphatic heterocycles. The van der Waals surface area contributed by atoms with Crippen LogP contribution in [0.2, 0.25) is 0 Å². The predicted molar refractivity (Wildman–Crippen MR) is 41.2 cm³/mol. The van der Waals surface area contributed by atoms with Crippen molar-refractivity contribution >= 4 is 6.20 Å². The van der Waals surface area contributed by atoms with Gasteiger partial charge in [-0.05, 0) is 6.08 Å². The molecule has 0 radical (unpaired) electrons. The van der Waals surface area contributed by atoms with Crippen molar-refractivity contribution in [2.24, 2.45) is 0 Å². The molecule has 2 nitrogen and oxygen atoms in total. The van der Waals surface area contributed by atoms with E-state index in [-0.39, 0.29) is 17.0 Å². The molecule has 0 fully saturated rings. The molecule has 0 atom stereocenters. The lowest BCUT2D eigenvalue weighted by molar-refractivity contribution is -0.755. The summed E-state index contributed by atoms with van der Waals surface area (Å²) in [5.74, 6) is 0. The van der Waals surface area contributed by atoms with Crippen LogP contribution in [0.5, 0.6) is 0 Å². The van der Waals surface area contributed by atoms with Crippen molar-refractivity contribution in [3.63, 3.8) is 0 Å². The normalized spacial score (nSPS) is 8.36. The molecule has 0 aliphatic rings. The van der Waals surface area contributed by atoms with Crippen LogP contribution in [0.25, 0.3) is 6.20 Å². The van der Waals surface area contributed by atoms with Gasteiger partial charge in [0.2, 0.25) is 0 Å². The summed E-state index contributed by atoms with van der Waals surface area (Å²) < 4.78 is 3.90. The summed E-state index contributed by atoms with van der Waals surface area (Å²) in [5.41, 5.74) is 0. The lowest BCUT2D eigenvalue weighted by Crippen LogP contribution is -3.00. The molecule has 0 unspecified atom stereocenters. The molecule has 0 bridgehead atoms. The third kappa shape index (κ3) is 2.35. The maximum Gasteiger partial charge on any atom is 0.196 e. The van der Waals surface area contributed by atoms with Gasteiger partial charge in [-0.1, -0.05) is 13.2 Å². The van der Waals surface area contributed by atoms with E-state index in [4.69, 9.17) is 0 Å². The molecular weight excluding hydrogens is 204 g/mol. The summed E-state index contributed by atoms with van der Waals surface area (Å²) >= 11 is 0. The van der Waals surface area contributed by atoms with Crippen LogP contribution in [0, 0.1) is 0 Å². The van der Waals surface area contributed by atoms with Crippen LogP contribution in [0.3, 0.4) is 0 Å². The van der Waals surface area contributed by atoms with Crippen molar-refractivity contribution in [2.75, 3.05) is 0 Å². The first kappa shape index (κ1) is 10.2. The molecule has 1 aromatic heterocycles. The van der Waals surface area contributed by atoms with E-state index in [0.29, 0.717) is 0 Å². The van der Waals surface area contributed by atoms with Gasteiger partial charge in [-0.25, -0.2) is 0 Å². The number of rotatable bonds is 3. The number of hydrogen-bond donors (Lipinski definition) is 0. The largest absolute Gasteiger partial charge is 1.00 e. The molecule has 3 heteroatoms. The lowest BCUT2D eigenvalue weighted by atomic mass is 10.6. The molecule has 1 rings (SSSR count). The molecule has 0 spiro atoms. The summed E-state index contributed by atoms with van der Waals surface area (Å²) in [5, 5.41) is 0. The van der Waals surface area contributed by atoms with E-state index in [2.05, 4.69) is 13.2 Å². The van der Waals surface area contributed by atoms with Gasteiger partial charge in [0.05, 0.1) is 12.4 Å². The molecule has 60 valence electrons. The molecule has 1 aromatic rings. The van der Waals surface area contributed by atoms with Crippen molar-refractivity contribution in [3.05, 3.63) is 37.7 Å². The van der Waals surface area contributed by atoms with Crippen LogP contribution in [-0.2, 0) is 6.54 Å². The van der Waals surface area contributed by atoms with Crippen LogP contribution in [-0.4, -0.2) is 4.68 Å². The molecule has 0 N–H and O–H groups in total. The Balaban J connectivity index is 0.000001000. The average molecular weight is 215 g/mol. The monoisotopic (exact) mass is 214 g/mol. The Kier molecular flexibility index (Phi) is 4.54. The van der Waals surface area contributed by atoms with Gasteiger partial charge in [-0.2, -0.15) is 0 Å². The third-order valence-corrected chi connectivity index (χ3v) is 1.30. The molecule has 0 amide bonds. The van der Waals surface area contributed by atoms with Crippen LogP contribution in [0.4, 0.5) is 0 Å². The smallest absolute Gasteiger partial charge is 0.196 e. The summed E-state index contributed by atoms with van der Waals surface area (Å²) in [6, 6.07) is 1.96. The molecule has 0 aliphatic carbocycles. The van der Waals surface area contributed by atoms with Crippen LogP contribution in [0.15, 0.2) is 37.7 Å². The van der Waals surface area contributed by atoms with Gasteiger partial charge in [-0.15, -0.1) is 9.36 Å². The minimum absolute atomic E-state index is 0. The second-order valence-corrected chi connectivity index (χ2v) is 1.96. The standard InChI is InChI=1S/C8H11N2.BrH/c1-3-6-10-8-5-7-9(10)4-2;/h3-5,7-8H,1-2,6H2;1H/q+1;/p-1. The highest BCUT2D eigenvalue weighted by Gasteiger charge is 1.99. The van der Waals surface area contributed by atoms with Crippen molar-refractivity contribution in [1.82, 2.24) is 4.68 Å². The highest BCUT2D eigenvalue weighted by Crippen LogP contribution is 1.81. The molecule has 0 aromatic carbocycles. The second kappa shape index (κ2) is 4.91. The first-order valence-corrected chi connectivity index (χ1v) is 3.18. The zero-order valence-corrected chi connectivity index (χ0v) is 7.87. The van der Waals surface area contributed by atoms with E-state index < -0.39 is 0 Å². The van der Waals surface area contributed by atoms with Gasteiger partial charge in [0.25, 0.3) is 0 Å². The van der Waals surface area contributed by atoms with E-state index in [1.165, 1.54) is 0 Å². The predicted octanol–water partition coefficient (Wildman–Crippen LogP) is -1.93. The van der Waals surface area contributed by atoms with Crippen LogP contribution < -0.4 is 21.7 Å². The summed E-state index contributed by atoms with van der Waals surface area (Å²) in [6.45, 7) is 8.11. The fraction of sp³-hybridized carbons (Fsp3) is 0.125. The van der Waals surface area contributed by atoms with Gasteiger partial charge in [0, 0.05) is 6.07 Å². The minimum atomic E-state index is 0. The van der Waals surface area contributed by atoms with Crippen molar-refractivity contribution < 1.29 is 21.7 Å². The topological polar surface area (TPSA) is 8.81 Å². The van der Waals surface area contributed by atoms with Gasteiger partial charge in [0.1, 0.15) is 0 Å². The molecule has 0 saturated heterocycles. The van der Waals surface area contributed by atoms with Crippen molar-refractivity contribution in [2.45, 2.75) is 6.54 Å². The summed E-state index contributed by atoms with van der Waals surface area (Å²) in [4.78, 5) is 0. The van der Waals surface area contributed by atoms with Gasteiger partial charge in [0.15, 0.2) is 12.7 Å². The lowest BCUT2D eigenvalue weighted by Gasteiger charge is -1.90. The average Bonchev–Trinajstić information content (AvgIpc) is 2.36. The second-order valence-electron chi connectivity index (χ2n) is 1.96.